The van der Waals surface area contributed by atoms with Crippen LogP contribution >= 0.6 is 11.8 Å². The van der Waals surface area contributed by atoms with E-state index in [4.69, 9.17) is 0 Å². The van der Waals surface area contributed by atoms with Crippen LogP contribution in [0.25, 0.3) is 0 Å². The van der Waals surface area contributed by atoms with Crippen LogP contribution in [-0.2, 0) is 0 Å². The normalized spacial score (nSPS) is 22.7. The zero-order chi connectivity index (χ0) is 12.4. The van der Waals surface area contributed by atoms with Gasteiger partial charge in [-0.25, -0.2) is 4.98 Å². The Bertz CT molecular complexity index is 394. The molecule has 0 saturated heterocycles. The van der Waals surface area contributed by atoms with E-state index in [1.54, 1.807) is 30.4 Å². The molecular formula is C13H19N3OS. The Morgan fingerprint density at radius 2 is 2.17 bits per heavy atom. The third-order valence-electron chi connectivity index (χ3n) is 3.73. The first kappa shape index (κ1) is 12.4. The monoisotopic (exact) mass is 265 g/mol. The molecule has 2 saturated carbocycles. The van der Waals surface area contributed by atoms with Gasteiger partial charge in [0.15, 0.2) is 0 Å². The largest absolute Gasteiger partial charge is 0.394 e. The van der Waals surface area contributed by atoms with Crippen LogP contribution in [-0.4, -0.2) is 39.0 Å². The molecule has 3 rings (SSSR count). The highest BCUT2D eigenvalue weighted by Crippen LogP contribution is 2.43. The summed E-state index contributed by atoms with van der Waals surface area (Å²) in [6.07, 6.45) is 10.2. The molecule has 1 heterocycles. The van der Waals surface area contributed by atoms with Crippen LogP contribution < -0.4 is 5.32 Å². The fraction of sp³-hybridized carbons (Fsp3) is 0.692. The number of rotatable bonds is 7. The summed E-state index contributed by atoms with van der Waals surface area (Å²) < 4.78 is 0. The van der Waals surface area contributed by atoms with Gasteiger partial charge in [0.2, 0.25) is 0 Å². The van der Waals surface area contributed by atoms with Gasteiger partial charge in [-0.2, -0.15) is 0 Å². The predicted molar refractivity (Wildman–Crippen MR) is 71.5 cm³/mol. The van der Waals surface area contributed by atoms with Crippen molar-refractivity contribution < 1.29 is 5.11 Å². The smallest absolute Gasteiger partial charge is 0.114 e. The van der Waals surface area contributed by atoms with E-state index < -0.39 is 0 Å². The van der Waals surface area contributed by atoms with Crippen LogP contribution in [0.15, 0.2) is 23.6 Å². The van der Waals surface area contributed by atoms with Crippen molar-refractivity contribution in [2.45, 2.75) is 42.3 Å². The molecule has 2 aliphatic rings. The highest BCUT2D eigenvalue weighted by atomic mass is 32.2. The van der Waals surface area contributed by atoms with E-state index in [0.717, 1.165) is 10.8 Å². The molecule has 2 fully saturated rings. The quantitative estimate of drug-likeness (QED) is 0.731. The fourth-order valence-corrected chi connectivity index (χ4v) is 3.42. The number of aliphatic hydroxyl groups excluding tert-OH is 1. The number of aliphatic hydroxyl groups is 1. The van der Waals surface area contributed by atoms with Crippen molar-refractivity contribution in [3.05, 3.63) is 18.6 Å². The number of nitrogens with one attached hydrogen (secondary N) is 1. The third-order valence-corrected chi connectivity index (χ3v) is 4.89. The van der Waals surface area contributed by atoms with Crippen molar-refractivity contribution in [3.63, 3.8) is 0 Å². The van der Waals surface area contributed by atoms with Crippen molar-refractivity contribution in [2.75, 3.05) is 12.4 Å². The van der Waals surface area contributed by atoms with E-state index in [9.17, 15) is 5.11 Å². The maximum Gasteiger partial charge on any atom is 0.114 e. The average Bonchev–Trinajstić information content (AvgIpc) is 3.28. The highest BCUT2D eigenvalue weighted by molar-refractivity contribution is 7.99. The van der Waals surface area contributed by atoms with Gasteiger partial charge in [0, 0.05) is 24.2 Å². The topological polar surface area (TPSA) is 58.0 Å². The number of nitrogens with zero attached hydrogens (tertiary/aromatic N) is 2. The van der Waals surface area contributed by atoms with E-state index in [-0.39, 0.29) is 12.1 Å². The summed E-state index contributed by atoms with van der Waals surface area (Å²) in [5, 5.41) is 14.4. The lowest BCUT2D eigenvalue weighted by Crippen LogP contribution is -2.53. The number of aromatic nitrogens is 2. The SMILES string of the molecule is OCC(CSc1cnccn1)(NC1CC1)C1CC1. The zero-order valence-corrected chi connectivity index (χ0v) is 11.2. The summed E-state index contributed by atoms with van der Waals surface area (Å²) in [6.45, 7) is 0.224. The van der Waals surface area contributed by atoms with Gasteiger partial charge in [-0.1, -0.05) is 0 Å². The van der Waals surface area contributed by atoms with Gasteiger partial charge in [-0.15, -0.1) is 11.8 Å². The van der Waals surface area contributed by atoms with Crippen LogP contribution in [0.5, 0.6) is 0 Å². The van der Waals surface area contributed by atoms with Crippen molar-refractivity contribution in [1.29, 1.82) is 0 Å². The van der Waals surface area contributed by atoms with Crippen LogP contribution in [0.1, 0.15) is 25.7 Å². The summed E-state index contributed by atoms with van der Waals surface area (Å²) in [7, 11) is 0. The van der Waals surface area contributed by atoms with Gasteiger partial charge in [-0.3, -0.25) is 4.98 Å². The first-order valence-electron chi connectivity index (χ1n) is 6.60. The van der Waals surface area contributed by atoms with Crippen LogP contribution in [0.3, 0.4) is 0 Å². The van der Waals surface area contributed by atoms with E-state index in [0.29, 0.717) is 12.0 Å². The van der Waals surface area contributed by atoms with Gasteiger partial charge in [0.25, 0.3) is 0 Å². The molecule has 18 heavy (non-hydrogen) atoms. The van der Waals surface area contributed by atoms with Gasteiger partial charge in [0.05, 0.1) is 18.3 Å². The first-order chi connectivity index (χ1) is 8.82. The maximum absolute atomic E-state index is 9.83. The molecule has 2 N–H and O–H groups in total. The Labute approximate surface area is 112 Å². The summed E-state index contributed by atoms with van der Waals surface area (Å²) in [5.74, 6) is 1.51. The first-order valence-corrected chi connectivity index (χ1v) is 7.58. The summed E-state index contributed by atoms with van der Waals surface area (Å²) in [6, 6.07) is 0.625. The number of thioether (sulfide) groups is 1. The molecule has 1 aromatic heterocycles. The molecule has 1 atom stereocenters. The molecule has 0 aliphatic heterocycles. The lowest BCUT2D eigenvalue weighted by atomic mass is 9.96. The molecule has 4 nitrogen and oxygen atoms in total. The van der Waals surface area contributed by atoms with E-state index in [1.807, 2.05) is 0 Å². The Hall–Kier alpha value is -0.650. The second-order valence-corrected chi connectivity index (χ2v) is 6.34. The lowest BCUT2D eigenvalue weighted by Gasteiger charge is -2.33. The molecule has 1 unspecified atom stereocenters. The van der Waals surface area contributed by atoms with Crippen molar-refractivity contribution >= 4 is 11.8 Å². The van der Waals surface area contributed by atoms with Crippen molar-refractivity contribution in [1.82, 2.24) is 15.3 Å². The maximum atomic E-state index is 9.83. The third kappa shape index (κ3) is 2.84. The Morgan fingerprint density at radius 1 is 1.33 bits per heavy atom. The predicted octanol–water partition coefficient (Wildman–Crippen LogP) is 1.46. The minimum absolute atomic E-state index is 0.108. The van der Waals surface area contributed by atoms with E-state index in [2.05, 4.69) is 15.3 Å². The van der Waals surface area contributed by atoms with Crippen molar-refractivity contribution in [2.24, 2.45) is 5.92 Å². The van der Waals surface area contributed by atoms with Crippen LogP contribution in [0.4, 0.5) is 0 Å². The highest BCUT2D eigenvalue weighted by Gasteiger charge is 2.47. The molecule has 0 radical (unpaired) electrons. The van der Waals surface area contributed by atoms with Gasteiger partial charge >= 0.3 is 0 Å². The number of hydrogen-bond donors (Lipinski definition) is 2. The van der Waals surface area contributed by atoms with Crippen molar-refractivity contribution in [3.8, 4) is 0 Å². The summed E-state index contributed by atoms with van der Waals surface area (Å²) in [4.78, 5) is 8.36. The van der Waals surface area contributed by atoms with E-state index in [1.165, 1.54) is 25.7 Å². The molecule has 2 aliphatic carbocycles. The molecule has 5 heteroatoms. The Kier molecular flexibility index (Phi) is 3.54. The second kappa shape index (κ2) is 5.15. The minimum Gasteiger partial charge on any atom is -0.394 e. The van der Waals surface area contributed by atoms with Gasteiger partial charge in [-0.05, 0) is 31.6 Å². The molecule has 0 bridgehead atoms. The summed E-state index contributed by atoms with van der Waals surface area (Å²) in [5.41, 5.74) is -0.108. The Balaban J connectivity index is 1.65. The number of hydrogen-bond acceptors (Lipinski definition) is 5. The Morgan fingerprint density at radius 3 is 2.72 bits per heavy atom. The van der Waals surface area contributed by atoms with Gasteiger partial charge < -0.3 is 10.4 Å². The minimum atomic E-state index is -0.108. The standard InChI is InChI=1S/C13H19N3OS/c17-8-13(10-1-2-10,16-11-3-4-11)9-18-12-7-14-5-6-15-12/h5-7,10-11,16-17H,1-4,8-9H2. The zero-order valence-electron chi connectivity index (χ0n) is 10.4. The van der Waals surface area contributed by atoms with E-state index >= 15 is 0 Å². The molecule has 0 aromatic carbocycles. The average molecular weight is 265 g/mol. The van der Waals surface area contributed by atoms with Gasteiger partial charge in [0.1, 0.15) is 5.03 Å². The lowest BCUT2D eigenvalue weighted by molar-refractivity contribution is 0.157. The molecule has 1 aromatic rings. The summed E-state index contributed by atoms with van der Waals surface area (Å²) >= 11 is 1.69. The van der Waals surface area contributed by atoms with Crippen LogP contribution in [0, 0.1) is 5.92 Å². The molecule has 0 amide bonds. The second-order valence-electron chi connectivity index (χ2n) is 5.34. The fourth-order valence-electron chi connectivity index (χ4n) is 2.33. The molecule has 98 valence electrons. The molecular weight excluding hydrogens is 246 g/mol. The molecule has 0 spiro atoms. The van der Waals surface area contributed by atoms with Crippen LogP contribution in [0.2, 0.25) is 0 Å².